The van der Waals surface area contributed by atoms with Gasteiger partial charge in [-0.15, -0.1) is 0 Å². The largest absolute Gasteiger partial charge is 0.378 e. The predicted molar refractivity (Wildman–Crippen MR) is 63.3 cm³/mol. The molecule has 0 saturated carbocycles. The van der Waals surface area contributed by atoms with Crippen molar-refractivity contribution in [3.8, 4) is 0 Å². The molecule has 2 rings (SSSR count). The summed E-state index contributed by atoms with van der Waals surface area (Å²) >= 11 is 0. The van der Waals surface area contributed by atoms with E-state index in [2.05, 4.69) is 35.8 Å². The van der Waals surface area contributed by atoms with Gasteiger partial charge in [-0.05, 0) is 24.1 Å². The van der Waals surface area contributed by atoms with Gasteiger partial charge in [0.1, 0.15) is 0 Å². The van der Waals surface area contributed by atoms with Crippen LogP contribution in [0.1, 0.15) is 0 Å². The topological polar surface area (TPSA) is 12.5 Å². The molecule has 0 aromatic heterocycles. The van der Waals surface area contributed by atoms with Crippen molar-refractivity contribution in [1.29, 1.82) is 0 Å². The van der Waals surface area contributed by atoms with Crippen molar-refractivity contribution in [1.82, 2.24) is 0 Å². The summed E-state index contributed by atoms with van der Waals surface area (Å²) in [4.78, 5) is 2.38. The summed E-state index contributed by atoms with van der Waals surface area (Å²) in [5.74, 6) is 0. The third-order valence-corrected chi connectivity index (χ3v) is 3.44. The molecule has 0 N–H and O–H groups in total. The molecule has 0 amide bonds. The maximum atomic E-state index is 5.33. The Labute approximate surface area is 87.0 Å². The highest BCUT2D eigenvalue weighted by Crippen LogP contribution is 2.15. The molecular weight excluding hydrogens is 193 g/mol. The van der Waals surface area contributed by atoms with Gasteiger partial charge < -0.3 is 9.64 Å². The van der Waals surface area contributed by atoms with Crippen molar-refractivity contribution in [3.05, 3.63) is 24.3 Å². The maximum Gasteiger partial charge on any atom is 0.0642 e. The van der Waals surface area contributed by atoms with Crippen LogP contribution in [0, 0.1) is 0 Å². The third kappa shape index (κ3) is 2.26. The molecule has 1 aromatic rings. The normalized spacial score (nSPS) is 17.9. The molecule has 3 heteroatoms. The lowest BCUT2D eigenvalue weighted by Gasteiger charge is -2.28. The molecule has 1 atom stereocenters. The second kappa shape index (κ2) is 4.77. The minimum absolute atomic E-state index is 0.858. The summed E-state index contributed by atoms with van der Waals surface area (Å²) in [6.45, 7) is 5.97. The van der Waals surface area contributed by atoms with Gasteiger partial charge in [-0.25, -0.2) is 0 Å². The molecule has 1 aliphatic heterocycles. The minimum Gasteiger partial charge on any atom is -0.378 e. The van der Waals surface area contributed by atoms with E-state index in [4.69, 9.17) is 4.74 Å². The summed E-state index contributed by atoms with van der Waals surface area (Å²) in [6.07, 6.45) is 0. The first kappa shape index (κ1) is 9.95. The van der Waals surface area contributed by atoms with Crippen molar-refractivity contribution < 1.29 is 4.74 Å². The van der Waals surface area contributed by atoms with E-state index in [1.54, 1.807) is 0 Å². The first-order valence-corrected chi connectivity index (χ1v) is 6.50. The zero-order chi connectivity index (χ0) is 9.80. The van der Waals surface area contributed by atoms with Gasteiger partial charge in [0.15, 0.2) is 0 Å². The van der Waals surface area contributed by atoms with Crippen molar-refractivity contribution in [2.24, 2.45) is 0 Å². The van der Waals surface area contributed by atoms with Crippen molar-refractivity contribution in [3.63, 3.8) is 0 Å². The molecule has 2 nitrogen and oxygen atoms in total. The number of hydrogen-bond acceptors (Lipinski definition) is 2. The summed E-state index contributed by atoms with van der Waals surface area (Å²) in [5.41, 5.74) is 1.33. The fourth-order valence-corrected chi connectivity index (χ4v) is 2.16. The summed E-state index contributed by atoms with van der Waals surface area (Å²) in [6, 6.07) is 8.89. The van der Waals surface area contributed by atoms with Crippen LogP contribution in [0.15, 0.2) is 24.3 Å². The molecule has 0 radical (unpaired) electrons. The van der Waals surface area contributed by atoms with Gasteiger partial charge >= 0.3 is 0 Å². The average Bonchev–Trinajstić information content (AvgIpc) is 2.30. The van der Waals surface area contributed by atoms with Crippen LogP contribution < -0.4 is 10.2 Å². The van der Waals surface area contributed by atoms with Crippen molar-refractivity contribution >= 4 is 19.6 Å². The van der Waals surface area contributed by atoms with Crippen LogP contribution >= 0.6 is 8.58 Å². The highest BCUT2D eigenvalue weighted by Gasteiger charge is 2.10. The van der Waals surface area contributed by atoms with Crippen LogP contribution in [0.25, 0.3) is 0 Å². The van der Waals surface area contributed by atoms with Crippen LogP contribution in [0.2, 0.25) is 0 Å². The Kier molecular flexibility index (Phi) is 3.39. The highest BCUT2D eigenvalue weighted by atomic mass is 31.1. The molecule has 14 heavy (non-hydrogen) atoms. The smallest absolute Gasteiger partial charge is 0.0642 e. The zero-order valence-corrected chi connectivity index (χ0v) is 9.49. The Bertz CT molecular complexity index is 280. The van der Waals surface area contributed by atoms with Gasteiger partial charge in [0.05, 0.1) is 13.2 Å². The van der Waals surface area contributed by atoms with E-state index in [0.717, 1.165) is 34.9 Å². The quantitative estimate of drug-likeness (QED) is 0.684. The molecule has 0 spiro atoms. The predicted octanol–water partition coefficient (Wildman–Crippen LogP) is 1.46. The number of morpholine rings is 1. The van der Waals surface area contributed by atoms with Crippen LogP contribution in [-0.4, -0.2) is 33.0 Å². The van der Waals surface area contributed by atoms with Gasteiger partial charge in [0, 0.05) is 18.8 Å². The first-order chi connectivity index (χ1) is 6.90. The minimum atomic E-state index is 0.858. The number of benzene rings is 1. The maximum absolute atomic E-state index is 5.33. The standard InChI is InChI=1S/C11H16NOP/c1-14-11-4-2-10(3-5-11)12-6-8-13-9-7-12/h2-5,14H,6-9H2,1H3. The Morgan fingerprint density at radius 2 is 1.79 bits per heavy atom. The van der Waals surface area contributed by atoms with E-state index in [1.165, 1.54) is 11.0 Å². The summed E-state index contributed by atoms with van der Waals surface area (Å²) in [5, 5.41) is 1.43. The zero-order valence-electron chi connectivity index (χ0n) is 8.49. The first-order valence-electron chi connectivity index (χ1n) is 5.00. The molecule has 1 unspecified atom stereocenters. The number of hydrogen-bond donors (Lipinski definition) is 0. The molecular formula is C11H16NOP. The Balaban J connectivity index is 2.07. The average molecular weight is 209 g/mol. The highest BCUT2D eigenvalue weighted by molar-refractivity contribution is 7.46. The second-order valence-electron chi connectivity index (χ2n) is 3.40. The SMILES string of the molecule is CPc1ccc(N2CCOCC2)cc1. The lowest BCUT2D eigenvalue weighted by atomic mass is 10.2. The third-order valence-electron chi connectivity index (χ3n) is 2.53. The molecule has 1 aromatic carbocycles. The summed E-state index contributed by atoms with van der Waals surface area (Å²) < 4.78 is 5.33. The van der Waals surface area contributed by atoms with Crippen molar-refractivity contribution in [2.75, 3.05) is 37.9 Å². The molecule has 1 heterocycles. The van der Waals surface area contributed by atoms with Gasteiger partial charge in [0.2, 0.25) is 0 Å². The Morgan fingerprint density at radius 3 is 2.36 bits per heavy atom. The number of anilines is 1. The summed E-state index contributed by atoms with van der Waals surface area (Å²) in [7, 11) is 0.892. The molecule has 76 valence electrons. The fraction of sp³-hybridized carbons (Fsp3) is 0.455. The van der Waals surface area contributed by atoms with Gasteiger partial charge in [-0.1, -0.05) is 20.7 Å². The van der Waals surface area contributed by atoms with Crippen LogP contribution in [0.4, 0.5) is 5.69 Å². The molecule has 0 bridgehead atoms. The van der Waals surface area contributed by atoms with E-state index in [1.807, 2.05) is 0 Å². The Morgan fingerprint density at radius 1 is 1.14 bits per heavy atom. The van der Waals surface area contributed by atoms with Crippen LogP contribution in [0.5, 0.6) is 0 Å². The van der Waals surface area contributed by atoms with E-state index >= 15 is 0 Å². The van der Waals surface area contributed by atoms with E-state index in [-0.39, 0.29) is 0 Å². The Hall–Kier alpha value is -0.590. The number of rotatable bonds is 2. The van der Waals surface area contributed by atoms with Crippen LogP contribution in [0.3, 0.4) is 0 Å². The van der Waals surface area contributed by atoms with Gasteiger partial charge in [-0.2, -0.15) is 0 Å². The second-order valence-corrected chi connectivity index (χ2v) is 4.47. The fourth-order valence-electron chi connectivity index (χ4n) is 1.66. The lowest BCUT2D eigenvalue weighted by Crippen LogP contribution is -2.36. The molecule has 1 fully saturated rings. The lowest BCUT2D eigenvalue weighted by molar-refractivity contribution is 0.122. The van der Waals surface area contributed by atoms with Gasteiger partial charge in [0.25, 0.3) is 0 Å². The van der Waals surface area contributed by atoms with Gasteiger partial charge in [-0.3, -0.25) is 0 Å². The van der Waals surface area contributed by atoms with E-state index < -0.39 is 0 Å². The monoisotopic (exact) mass is 209 g/mol. The molecule has 1 saturated heterocycles. The van der Waals surface area contributed by atoms with Crippen LogP contribution in [-0.2, 0) is 4.74 Å². The van der Waals surface area contributed by atoms with E-state index in [9.17, 15) is 0 Å². The molecule has 0 aliphatic carbocycles. The number of nitrogens with zero attached hydrogens (tertiary/aromatic N) is 1. The molecule has 1 aliphatic rings. The van der Waals surface area contributed by atoms with Crippen molar-refractivity contribution in [2.45, 2.75) is 0 Å². The van der Waals surface area contributed by atoms with E-state index in [0.29, 0.717) is 0 Å². The number of ether oxygens (including phenoxy) is 1.